The average molecular weight is 248 g/mol. The van der Waals surface area contributed by atoms with Gasteiger partial charge in [0.1, 0.15) is 5.76 Å². The highest BCUT2D eigenvalue weighted by molar-refractivity contribution is 5.75. The quantitative estimate of drug-likeness (QED) is 0.896. The van der Waals surface area contributed by atoms with Crippen molar-refractivity contribution >= 4 is 11.4 Å². The SMILES string of the molecule is CCC(=O)NCc1c(C)cc2cc(C)on2c1=O. The molecule has 5 nitrogen and oxygen atoms in total. The van der Waals surface area contributed by atoms with Crippen molar-refractivity contribution in [2.24, 2.45) is 0 Å². The Hall–Kier alpha value is -2.04. The number of aromatic nitrogens is 1. The van der Waals surface area contributed by atoms with Gasteiger partial charge in [0.05, 0.1) is 5.52 Å². The number of hydrogen-bond acceptors (Lipinski definition) is 3. The van der Waals surface area contributed by atoms with Crippen LogP contribution in [-0.4, -0.2) is 10.5 Å². The van der Waals surface area contributed by atoms with Gasteiger partial charge in [-0.3, -0.25) is 9.59 Å². The lowest BCUT2D eigenvalue weighted by atomic mass is 10.1. The van der Waals surface area contributed by atoms with Crippen LogP contribution in [0.2, 0.25) is 0 Å². The van der Waals surface area contributed by atoms with E-state index in [1.165, 1.54) is 4.57 Å². The number of pyridine rings is 1. The minimum atomic E-state index is -0.213. The molecule has 0 unspecified atom stereocenters. The zero-order valence-corrected chi connectivity index (χ0v) is 10.7. The lowest BCUT2D eigenvalue weighted by Gasteiger charge is -2.06. The molecule has 0 spiro atoms. The number of carbonyl (C=O) groups excluding carboxylic acids is 1. The van der Waals surface area contributed by atoms with E-state index in [0.29, 0.717) is 17.7 Å². The van der Waals surface area contributed by atoms with E-state index >= 15 is 0 Å². The summed E-state index contributed by atoms with van der Waals surface area (Å²) < 4.78 is 6.58. The highest BCUT2D eigenvalue weighted by Crippen LogP contribution is 2.11. The summed E-state index contributed by atoms with van der Waals surface area (Å²) in [6.07, 6.45) is 0.405. The van der Waals surface area contributed by atoms with E-state index in [9.17, 15) is 9.59 Å². The summed E-state index contributed by atoms with van der Waals surface area (Å²) in [5.41, 5.74) is 1.94. The standard InChI is InChI=1S/C13H16N2O3/c1-4-12(16)14-7-11-8(2)5-10-6-9(3)18-15(10)13(11)17/h5-6H,4,7H2,1-3H3,(H,14,16). The first-order valence-corrected chi connectivity index (χ1v) is 5.91. The first kappa shape index (κ1) is 12.4. The smallest absolute Gasteiger partial charge is 0.289 e. The minimum absolute atomic E-state index is 0.0745. The number of amides is 1. The Kier molecular flexibility index (Phi) is 3.23. The van der Waals surface area contributed by atoms with Gasteiger partial charge in [0, 0.05) is 24.6 Å². The molecule has 18 heavy (non-hydrogen) atoms. The van der Waals surface area contributed by atoms with Gasteiger partial charge in [-0.15, -0.1) is 4.57 Å². The van der Waals surface area contributed by atoms with Crippen molar-refractivity contribution in [1.82, 2.24) is 9.89 Å². The molecule has 0 aliphatic carbocycles. The largest absolute Gasteiger partial charge is 0.376 e. The van der Waals surface area contributed by atoms with Gasteiger partial charge in [0.25, 0.3) is 5.56 Å². The van der Waals surface area contributed by atoms with Crippen molar-refractivity contribution in [3.63, 3.8) is 0 Å². The molecule has 0 bridgehead atoms. The molecule has 1 N–H and O–H groups in total. The fourth-order valence-corrected chi connectivity index (χ4v) is 1.88. The van der Waals surface area contributed by atoms with Gasteiger partial charge in [-0.2, -0.15) is 0 Å². The number of nitrogens with one attached hydrogen (secondary N) is 1. The van der Waals surface area contributed by atoms with Crippen molar-refractivity contribution in [1.29, 1.82) is 0 Å². The molecule has 0 fully saturated rings. The third-order valence-electron chi connectivity index (χ3n) is 2.89. The van der Waals surface area contributed by atoms with Crippen LogP contribution in [-0.2, 0) is 11.3 Å². The summed E-state index contributed by atoms with van der Waals surface area (Å²) in [7, 11) is 0. The second-order valence-corrected chi connectivity index (χ2v) is 4.31. The number of aryl methyl sites for hydroxylation is 2. The highest BCUT2D eigenvalue weighted by Gasteiger charge is 2.11. The van der Waals surface area contributed by atoms with Crippen molar-refractivity contribution in [3.05, 3.63) is 39.4 Å². The summed E-state index contributed by atoms with van der Waals surface area (Å²) in [6, 6.07) is 3.69. The topological polar surface area (TPSA) is 63.7 Å². The molecule has 2 heterocycles. The van der Waals surface area contributed by atoms with Gasteiger partial charge in [-0.05, 0) is 25.5 Å². The molecule has 1 amide bonds. The minimum Gasteiger partial charge on any atom is -0.376 e. The molecule has 0 saturated carbocycles. The zero-order valence-electron chi connectivity index (χ0n) is 10.7. The van der Waals surface area contributed by atoms with Gasteiger partial charge in [-0.1, -0.05) is 6.92 Å². The maximum atomic E-state index is 12.2. The highest BCUT2D eigenvalue weighted by atomic mass is 16.5. The summed E-state index contributed by atoms with van der Waals surface area (Å²) in [5.74, 6) is 0.607. The zero-order chi connectivity index (χ0) is 13.3. The Morgan fingerprint density at radius 2 is 2.11 bits per heavy atom. The van der Waals surface area contributed by atoms with Crippen molar-refractivity contribution < 1.29 is 9.32 Å². The molecule has 2 aromatic heterocycles. The van der Waals surface area contributed by atoms with Crippen LogP contribution in [0.25, 0.3) is 5.52 Å². The summed E-state index contributed by atoms with van der Waals surface area (Å²) in [6.45, 7) is 5.66. The number of nitrogens with zero attached hydrogens (tertiary/aromatic N) is 1. The van der Waals surface area contributed by atoms with E-state index < -0.39 is 0 Å². The summed E-state index contributed by atoms with van der Waals surface area (Å²) >= 11 is 0. The van der Waals surface area contributed by atoms with Crippen LogP contribution in [0.3, 0.4) is 0 Å². The third-order valence-corrected chi connectivity index (χ3v) is 2.89. The Bertz CT molecular complexity index is 652. The lowest BCUT2D eigenvalue weighted by molar-refractivity contribution is -0.120. The van der Waals surface area contributed by atoms with E-state index in [4.69, 9.17) is 4.52 Å². The number of rotatable bonds is 3. The molecule has 2 rings (SSSR count). The number of hydrogen-bond donors (Lipinski definition) is 1. The Morgan fingerprint density at radius 3 is 2.78 bits per heavy atom. The first-order chi connectivity index (χ1) is 8.52. The molecule has 0 aliphatic rings. The molecule has 0 radical (unpaired) electrons. The Morgan fingerprint density at radius 1 is 1.39 bits per heavy atom. The normalized spacial score (nSPS) is 10.8. The summed E-state index contributed by atoms with van der Waals surface area (Å²) in [4.78, 5) is 23.4. The Labute approximate surface area is 104 Å². The van der Waals surface area contributed by atoms with Gasteiger partial charge >= 0.3 is 0 Å². The maximum Gasteiger partial charge on any atom is 0.289 e. The second kappa shape index (κ2) is 4.68. The molecule has 5 heteroatoms. The molecule has 0 aliphatic heterocycles. The van der Waals surface area contributed by atoms with Crippen LogP contribution in [0.1, 0.15) is 30.2 Å². The number of fused-ring (bicyclic) bond motifs is 1. The average Bonchev–Trinajstić information content (AvgIpc) is 2.69. The first-order valence-electron chi connectivity index (χ1n) is 5.91. The molecule has 2 aromatic rings. The van der Waals surface area contributed by atoms with Crippen LogP contribution in [0.5, 0.6) is 0 Å². The van der Waals surface area contributed by atoms with E-state index in [-0.39, 0.29) is 18.0 Å². The second-order valence-electron chi connectivity index (χ2n) is 4.31. The Balaban J connectivity index is 2.44. The van der Waals surface area contributed by atoms with E-state index in [2.05, 4.69) is 5.32 Å². The van der Waals surface area contributed by atoms with Crippen molar-refractivity contribution in [2.45, 2.75) is 33.7 Å². The van der Waals surface area contributed by atoms with Gasteiger partial charge in [-0.25, -0.2) is 0 Å². The van der Waals surface area contributed by atoms with Gasteiger partial charge in [0.2, 0.25) is 5.91 Å². The van der Waals surface area contributed by atoms with Crippen LogP contribution in [0, 0.1) is 13.8 Å². The lowest BCUT2D eigenvalue weighted by Crippen LogP contribution is -2.28. The predicted molar refractivity (Wildman–Crippen MR) is 67.5 cm³/mol. The predicted octanol–water partition coefficient (Wildman–Crippen LogP) is 1.54. The van der Waals surface area contributed by atoms with E-state index in [1.54, 1.807) is 13.8 Å². The van der Waals surface area contributed by atoms with Gasteiger partial charge < -0.3 is 9.84 Å². The maximum absolute atomic E-state index is 12.2. The van der Waals surface area contributed by atoms with E-state index in [0.717, 1.165) is 11.1 Å². The van der Waals surface area contributed by atoms with E-state index in [1.807, 2.05) is 19.1 Å². The molecular formula is C13H16N2O3. The van der Waals surface area contributed by atoms with Crippen LogP contribution in [0.4, 0.5) is 0 Å². The molecule has 0 aromatic carbocycles. The summed E-state index contributed by atoms with van der Waals surface area (Å²) in [5, 5.41) is 2.71. The fraction of sp³-hybridized carbons (Fsp3) is 0.385. The van der Waals surface area contributed by atoms with Crippen LogP contribution < -0.4 is 10.9 Å². The number of carbonyl (C=O) groups is 1. The van der Waals surface area contributed by atoms with Crippen molar-refractivity contribution in [2.75, 3.05) is 0 Å². The molecule has 96 valence electrons. The van der Waals surface area contributed by atoms with Gasteiger partial charge in [0.15, 0.2) is 0 Å². The fourth-order valence-electron chi connectivity index (χ4n) is 1.88. The molecule has 0 atom stereocenters. The van der Waals surface area contributed by atoms with Crippen LogP contribution >= 0.6 is 0 Å². The van der Waals surface area contributed by atoms with Crippen LogP contribution in [0.15, 0.2) is 21.5 Å². The van der Waals surface area contributed by atoms with Crippen molar-refractivity contribution in [3.8, 4) is 0 Å². The monoisotopic (exact) mass is 248 g/mol. The molecular weight excluding hydrogens is 232 g/mol. The molecule has 0 saturated heterocycles. The third kappa shape index (κ3) is 2.16.